The number of aryl methyl sites for hydroxylation is 1. The molecule has 0 radical (unpaired) electrons. The molecule has 0 bridgehead atoms. The number of aliphatic hydroxyl groups is 1. The van der Waals surface area contributed by atoms with Gasteiger partial charge in [0.2, 0.25) is 0 Å². The third kappa shape index (κ3) is 2.62. The largest absolute Gasteiger partial charge is 0.478 e. The maximum Gasteiger partial charge on any atom is 0.335 e. The molecule has 0 aliphatic rings. The molecule has 0 spiro atoms. The molecule has 19 heavy (non-hydrogen) atoms. The summed E-state index contributed by atoms with van der Waals surface area (Å²) in [6, 6.07) is 5.70. The van der Waals surface area contributed by atoms with Gasteiger partial charge < -0.3 is 14.8 Å². The Kier molecular flexibility index (Phi) is 3.87. The van der Waals surface area contributed by atoms with Crippen LogP contribution < -0.4 is 5.56 Å². The molecule has 1 heterocycles. The lowest BCUT2D eigenvalue weighted by atomic mass is 10.1. The van der Waals surface area contributed by atoms with Crippen LogP contribution in [-0.4, -0.2) is 27.4 Å². The number of fused-ring (bicyclic) bond motifs is 1. The van der Waals surface area contributed by atoms with E-state index in [-0.39, 0.29) is 22.8 Å². The summed E-state index contributed by atoms with van der Waals surface area (Å²) in [7, 11) is 0. The van der Waals surface area contributed by atoms with E-state index in [4.69, 9.17) is 21.8 Å². The maximum atomic E-state index is 11.8. The van der Waals surface area contributed by atoms with Crippen LogP contribution in [0.4, 0.5) is 0 Å². The van der Waals surface area contributed by atoms with Crippen LogP contribution in [0.2, 0.25) is 5.02 Å². The number of rotatable bonds is 4. The van der Waals surface area contributed by atoms with Crippen molar-refractivity contribution < 1.29 is 15.0 Å². The van der Waals surface area contributed by atoms with Gasteiger partial charge in [0.15, 0.2) is 0 Å². The third-order valence-corrected chi connectivity index (χ3v) is 3.11. The van der Waals surface area contributed by atoms with Crippen molar-refractivity contribution in [1.82, 2.24) is 4.57 Å². The number of aromatic nitrogens is 1. The van der Waals surface area contributed by atoms with Crippen molar-refractivity contribution in [1.29, 1.82) is 0 Å². The smallest absolute Gasteiger partial charge is 0.335 e. The molecular formula is C13H12ClNO4. The van der Waals surface area contributed by atoms with E-state index < -0.39 is 5.97 Å². The minimum Gasteiger partial charge on any atom is -0.478 e. The molecule has 1 aromatic heterocycles. The molecule has 0 amide bonds. The standard InChI is InChI=1S/C13H12ClNO4/c14-10-7-9(13(18)19)6-8-2-3-11(17)15(12(8)10)4-1-5-16/h2-3,6-7,16H,1,4-5H2,(H,18,19). The molecule has 0 saturated heterocycles. The van der Waals surface area contributed by atoms with E-state index in [1.165, 1.54) is 22.8 Å². The first-order valence-corrected chi connectivity index (χ1v) is 6.09. The number of hydrogen-bond acceptors (Lipinski definition) is 3. The highest BCUT2D eigenvalue weighted by atomic mass is 35.5. The summed E-state index contributed by atoms with van der Waals surface area (Å²) in [5, 5.41) is 18.6. The minimum atomic E-state index is -1.07. The third-order valence-electron chi connectivity index (χ3n) is 2.82. The molecular weight excluding hydrogens is 270 g/mol. The van der Waals surface area contributed by atoms with Crippen LogP contribution in [0.25, 0.3) is 10.9 Å². The van der Waals surface area contributed by atoms with Gasteiger partial charge in [0.1, 0.15) is 0 Å². The van der Waals surface area contributed by atoms with Crippen LogP contribution in [0.1, 0.15) is 16.8 Å². The Labute approximate surface area is 113 Å². The summed E-state index contributed by atoms with van der Waals surface area (Å²) in [5.41, 5.74) is 0.336. The van der Waals surface area contributed by atoms with Gasteiger partial charge >= 0.3 is 5.97 Å². The van der Waals surface area contributed by atoms with E-state index >= 15 is 0 Å². The summed E-state index contributed by atoms with van der Waals surface area (Å²) < 4.78 is 1.44. The molecule has 1 aromatic carbocycles. The Hall–Kier alpha value is -1.85. The van der Waals surface area contributed by atoms with Crippen LogP contribution in [0.5, 0.6) is 0 Å². The lowest BCUT2D eigenvalue weighted by Crippen LogP contribution is -2.20. The van der Waals surface area contributed by atoms with Crippen LogP contribution >= 0.6 is 11.6 Å². The number of hydrogen-bond donors (Lipinski definition) is 2. The van der Waals surface area contributed by atoms with E-state index in [1.54, 1.807) is 6.07 Å². The molecule has 0 fully saturated rings. The fraction of sp³-hybridized carbons (Fsp3) is 0.231. The van der Waals surface area contributed by atoms with Crippen LogP contribution in [0.3, 0.4) is 0 Å². The zero-order chi connectivity index (χ0) is 14.0. The average molecular weight is 282 g/mol. The molecule has 0 aliphatic heterocycles. The first-order chi connectivity index (χ1) is 9.04. The summed E-state index contributed by atoms with van der Waals surface area (Å²) in [5.74, 6) is -1.07. The fourth-order valence-corrected chi connectivity index (χ4v) is 2.30. The number of aliphatic hydroxyl groups excluding tert-OH is 1. The van der Waals surface area contributed by atoms with Gasteiger partial charge in [-0.15, -0.1) is 0 Å². The Morgan fingerprint density at radius 3 is 2.68 bits per heavy atom. The zero-order valence-corrected chi connectivity index (χ0v) is 10.7. The molecule has 2 N–H and O–H groups in total. The predicted molar refractivity (Wildman–Crippen MR) is 71.9 cm³/mol. The van der Waals surface area contributed by atoms with E-state index in [2.05, 4.69) is 0 Å². The topological polar surface area (TPSA) is 79.5 Å². The highest BCUT2D eigenvalue weighted by Crippen LogP contribution is 2.24. The highest BCUT2D eigenvalue weighted by Gasteiger charge is 2.11. The van der Waals surface area contributed by atoms with Crippen molar-refractivity contribution >= 4 is 28.5 Å². The molecule has 0 atom stereocenters. The van der Waals surface area contributed by atoms with Crippen LogP contribution in [0, 0.1) is 0 Å². The Bertz CT molecular complexity index is 693. The van der Waals surface area contributed by atoms with E-state index in [9.17, 15) is 9.59 Å². The Balaban J connectivity index is 2.71. The minimum absolute atomic E-state index is 0.0341. The monoisotopic (exact) mass is 281 g/mol. The summed E-state index contributed by atoms with van der Waals surface area (Å²) in [6.07, 6.45) is 0.427. The van der Waals surface area contributed by atoms with Gasteiger partial charge in [0.05, 0.1) is 16.1 Å². The van der Waals surface area contributed by atoms with Crippen molar-refractivity contribution in [3.63, 3.8) is 0 Å². The normalized spacial score (nSPS) is 10.8. The van der Waals surface area contributed by atoms with Gasteiger partial charge in [-0.05, 0) is 24.6 Å². The molecule has 100 valence electrons. The Morgan fingerprint density at radius 1 is 1.32 bits per heavy atom. The number of carboxylic acids is 1. The maximum absolute atomic E-state index is 11.8. The molecule has 0 aliphatic carbocycles. The van der Waals surface area contributed by atoms with Gasteiger partial charge in [-0.25, -0.2) is 4.79 Å². The van der Waals surface area contributed by atoms with E-state index in [1.807, 2.05) is 0 Å². The molecule has 6 heteroatoms. The lowest BCUT2D eigenvalue weighted by molar-refractivity contribution is 0.0697. The van der Waals surface area contributed by atoms with Crippen molar-refractivity contribution in [2.75, 3.05) is 6.61 Å². The predicted octanol–water partition coefficient (Wildman–Crippen LogP) is 1.74. The van der Waals surface area contributed by atoms with Gasteiger partial charge in [-0.1, -0.05) is 11.6 Å². The fourth-order valence-electron chi connectivity index (χ4n) is 1.97. The molecule has 0 unspecified atom stereocenters. The quantitative estimate of drug-likeness (QED) is 0.894. The number of pyridine rings is 1. The molecule has 5 nitrogen and oxygen atoms in total. The highest BCUT2D eigenvalue weighted by molar-refractivity contribution is 6.35. The van der Waals surface area contributed by atoms with Gasteiger partial charge in [0, 0.05) is 24.6 Å². The number of halogens is 1. The van der Waals surface area contributed by atoms with Gasteiger partial charge in [0.25, 0.3) is 5.56 Å². The molecule has 2 aromatic rings. The van der Waals surface area contributed by atoms with Crippen LogP contribution in [0.15, 0.2) is 29.1 Å². The van der Waals surface area contributed by atoms with Gasteiger partial charge in [-0.2, -0.15) is 0 Å². The van der Waals surface area contributed by atoms with Crippen molar-refractivity contribution in [2.45, 2.75) is 13.0 Å². The van der Waals surface area contributed by atoms with Crippen molar-refractivity contribution in [2.24, 2.45) is 0 Å². The second kappa shape index (κ2) is 5.42. The first kappa shape index (κ1) is 13.6. The second-order valence-electron chi connectivity index (χ2n) is 4.10. The van der Waals surface area contributed by atoms with Crippen LogP contribution in [-0.2, 0) is 6.54 Å². The SMILES string of the molecule is O=C(O)c1cc(Cl)c2c(ccc(=O)n2CCCO)c1. The number of nitrogens with zero attached hydrogens (tertiary/aromatic N) is 1. The molecule has 2 rings (SSSR count). The summed E-state index contributed by atoms with van der Waals surface area (Å²) in [4.78, 5) is 22.8. The van der Waals surface area contributed by atoms with Crippen molar-refractivity contribution in [3.05, 3.63) is 45.2 Å². The molecule has 0 saturated carbocycles. The van der Waals surface area contributed by atoms with E-state index in [0.717, 1.165) is 0 Å². The first-order valence-electron chi connectivity index (χ1n) is 5.72. The number of benzene rings is 1. The van der Waals surface area contributed by atoms with Gasteiger partial charge in [-0.3, -0.25) is 4.79 Å². The number of carbonyl (C=O) groups is 1. The number of carboxylic acid groups (broad SMARTS) is 1. The summed E-state index contributed by atoms with van der Waals surface area (Å²) in [6.45, 7) is 0.298. The average Bonchev–Trinajstić information content (AvgIpc) is 2.37. The number of aromatic carboxylic acids is 1. The zero-order valence-electron chi connectivity index (χ0n) is 9.97. The lowest BCUT2D eigenvalue weighted by Gasteiger charge is -2.11. The Morgan fingerprint density at radius 2 is 2.05 bits per heavy atom. The van der Waals surface area contributed by atoms with E-state index in [0.29, 0.717) is 23.9 Å². The summed E-state index contributed by atoms with van der Waals surface area (Å²) >= 11 is 6.08. The van der Waals surface area contributed by atoms with Crippen molar-refractivity contribution in [3.8, 4) is 0 Å². The second-order valence-corrected chi connectivity index (χ2v) is 4.51.